The van der Waals surface area contributed by atoms with E-state index in [2.05, 4.69) is 11.9 Å². The molecule has 2 rings (SSSR count). The van der Waals surface area contributed by atoms with Crippen molar-refractivity contribution in [3.63, 3.8) is 0 Å². The van der Waals surface area contributed by atoms with Crippen molar-refractivity contribution in [3.05, 3.63) is 60.6 Å². The summed E-state index contributed by atoms with van der Waals surface area (Å²) >= 11 is 0. The van der Waals surface area contributed by atoms with Crippen LogP contribution in [-0.2, 0) is 6.54 Å². The minimum atomic E-state index is -0.218. The Morgan fingerprint density at radius 1 is 1.45 bits per heavy atom. The van der Waals surface area contributed by atoms with Gasteiger partial charge in [0.1, 0.15) is 18.1 Å². The standard InChI is InChI=1S/C15H16N2O3/c1-2-7-20-14-9-11(5-6-13(14)16)15(18)17-10-12-4-3-8-19-12/h2-6,8-9H,1,7,10,16H2,(H,17,18). The maximum atomic E-state index is 12.0. The predicted octanol–water partition coefficient (Wildman–Crippen LogP) is 2.36. The first kappa shape index (κ1) is 13.7. The summed E-state index contributed by atoms with van der Waals surface area (Å²) in [5.41, 5.74) is 6.73. The van der Waals surface area contributed by atoms with Crippen LogP contribution in [0.3, 0.4) is 0 Å². The first-order valence-electron chi connectivity index (χ1n) is 6.14. The molecule has 0 fully saturated rings. The molecule has 1 aromatic carbocycles. The first-order chi connectivity index (χ1) is 9.70. The summed E-state index contributed by atoms with van der Waals surface area (Å²) < 4.78 is 10.5. The fourth-order valence-electron chi connectivity index (χ4n) is 1.63. The molecule has 3 N–H and O–H groups in total. The molecule has 0 unspecified atom stereocenters. The van der Waals surface area contributed by atoms with Crippen LogP contribution >= 0.6 is 0 Å². The van der Waals surface area contributed by atoms with Gasteiger partial charge in [-0.15, -0.1) is 0 Å². The van der Waals surface area contributed by atoms with Gasteiger partial charge < -0.3 is 20.2 Å². The highest BCUT2D eigenvalue weighted by Gasteiger charge is 2.09. The van der Waals surface area contributed by atoms with E-state index in [1.165, 1.54) is 0 Å². The summed E-state index contributed by atoms with van der Waals surface area (Å²) in [6, 6.07) is 8.46. The molecular weight excluding hydrogens is 256 g/mol. The monoisotopic (exact) mass is 272 g/mol. The fraction of sp³-hybridized carbons (Fsp3) is 0.133. The molecule has 0 bridgehead atoms. The molecule has 0 radical (unpaired) electrons. The molecule has 1 aromatic heterocycles. The molecule has 5 nitrogen and oxygen atoms in total. The van der Waals surface area contributed by atoms with Crippen molar-refractivity contribution in [2.75, 3.05) is 12.3 Å². The van der Waals surface area contributed by atoms with Crippen LogP contribution in [0.15, 0.2) is 53.7 Å². The molecule has 0 saturated carbocycles. The highest BCUT2D eigenvalue weighted by molar-refractivity contribution is 5.95. The normalized spacial score (nSPS) is 10.0. The van der Waals surface area contributed by atoms with Crippen LogP contribution in [0.2, 0.25) is 0 Å². The molecule has 1 heterocycles. The van der Waals surface area contributed by atoms with Crippen LogP contribution in [0.1, 0.15) is 16.1 Å². The van der Waals surface area contributed by atoms with E-state index >= 15 is 0 Å². The van der Waals surface area contributed by atoms with Gasteiger partial charge in [-0.2, -0.15) is 0 Å². The quantitative estimate of drug-likeness (QED) is 0.625. The zero-order valence-corrected chi connectivity index (χ0v) is 11.0. The summed E-state index contributed by atoms with van der Waals surface area (Å²) in [6.45, 7) is 4.23. The van der Waals surface area contributed by atoms with Crippen LogP contribution in [0.25, 0.3) is 0 Å². The minimum absolute atomic E-state index is 0.218. The Morgan fingerprint density at radius 2 is 2.30 bits per heavy atom. The summed E-state index contributed by atoms with van der Waals surface area (Å²) in [5, 5.41) is 2.75. The lowest BCUT2D eigenvalue weighted by Gasteiger charge is -2.09. The number of hydrogen-bond donors (Lipinski definition) is 2. The number of nitrogen functional groups attached to an aromatic ring is 1. The highest BCUT2D eigenvalue weighted by Crippen LogP contribution is 2.22. The van der Waals surface area contributed by atoms with Crippen molar-refractivity contribution in [3.8, 4) is 5.75 Å². The van der Waals surface area contributed by atoms with Gasteiger partial charge in [0.15, 0.2) is 0 Å². The smallest absolute Gasteiger partial charge is 0.251 e. The van der Waals surface area contributed by atoms with Gasteiger partial charge in [0, 0.05) is 5.56 Å². The number of ether oxygens (including phenoxy) is 1. The van der Waals surface area contributed by atoms with Crippen molar-refractivity contribution >= 4 is 11.6 Å². The molecule has 0 spiro atoms. The molecule has 20 heavy (non-hydrogen) atoms. The van der Waals surface area contributed by atoms with Crippen LogP contribution in [-0.4, -0.2) is 12.5 Å². The van der Waals surface area contributed by atoms with E-state index in [0.717, 1.165) is 0 Å². The third-order valence-corrected chi connectivity index (χ3v) is 2.64. The Bertz CT molecular complexity index is 591. The fourth-order valence-corrected chi connectivity index (χ4v) is 1.63. The van der Waals surface area contributed by atoms with E-state index in [-0.39, 0.29) is 5.91 Å². The zero-order chi connectivity index (χ0) is 14.4. The lowest BCUT2D eigenvalue weighted by atomic mass is 10.1. The number of nitrogens with two attached hydrogens (primary N) is 1. The number of rotatable bonds is 6. The van der Waals surface area contributed by atoms with Gasteiger partial charge in [-0.3, -0.25) is 4.79 Å². The lowest BCUT2D eigenvalue weighted by molar-refractivity contribution is 0.0947. The second-order valence-electron chi connectivity index (χ2n) is 4.11. The van der Waals surface area contributed by atoms with Gasteiger partial charge in [0.05, 0.1) is 18.5 Å². The largest absolute Gasteiger partial charge is 0.487 e. The van der Waals surface area contributed by atoms with E-state index in [0.29, 0.717) is 35.9 Å². The van der Waals surface area contributed by atoms with Gasteiger partial charge in [-0.1, -0.05) is 12.7 Å². The number of carbonyl (C=O) groups is 1. The molecular formula is C15H16N2O3. The molecule has 5 heteroatoms. The third kappa shape index (κ3) is 3.41. The summed E-state index contributed by atoms with van der Waals surface area (Å²) in [4.78, 5) is 12.0. The van der Waals surface area contributed by atoms with Crippen molar-refractivity contribution < 1.29 is 13.9 Å². The molecule has 104 valence electrons. The Hall–Kier alpha value is -2.69. The highest BCUT2D eigenvalue weighted by atomic mass is 16.5. The Kier molecular flexibility index (Phi) is 4.44. The molecule has 0 aliphatic carbocycles. The first-order valence-corrected chi connectivity index (χ1v) is 6.14. The maximum Gasteiger partial charge on any atom is 0.251 e. The van der Waals surface area contributed by atoms with E-state index in [1.807, 2.05) is 0 Å². The molecule has 0 atom stereocenters. The third-order valence-electron chi connectivity index (χ3n) is 2.64. The second kappa shape index (κ2) is 6.47. The molecule has 0 aliphatic rings. The number of furan rings is 1. The SMILES string of the molecule is C=CCOc1cc(C(=O)NCc2ccco2)ccc1N. The Morgan fingerprint density at radius 3 is 3.00 bits per heavy atom. The van der Waals surface area contributed by atoms with Gasteiger partial charge in [-0.05, 0) is 30.3 Å². The summed E-state index contributed by atoms with van der Waals surface area (Å²) in [7, 11) is 0. The van der Waals surface area contributed by atoms with Crippen molar-refractivity contribution in [2.45, 2.75) is 6.54 Å². The number of hydrogen-bond acceptors (Lipinski definition) is 4. The number of carbonyl (C=O) groups excluding carboxylic acids is 1. The van der Waals surface area contributed by atoms with Gasteiger partial charge in [0.2, 0.25) is 0 Å². The van der Waals surface area contributed by atoms with Gasteiger partial charge >= 0.3 is 0 Å². The lowest BCUT2D eigenvalue weighted by Crippen LogP contribution is -2.22. The molecule has 0 saturated heterocycles. The average molecular weight is 272 g/mol. The van der Waals surface area contributed by atoms with E-state index in [4.69, 9.17) is 14.9 Å². The molecule has 1 amide bonds. The van der Waals surface area contributed by atoms with Crippen LogP contribution in [0.5, 0.6) is 5.75 Å². The topological polar surface area (TPSA) is 77.5 Å². The Balaban J connectivity index is 2.03. The maximum absolute atomic E-state index is 12.0. The van der Waals surface area contributed by atoms with Crippen molar-refractivity contribution in [2.24, 2.45) is 0 Å². The van der Waals surface area contributed by atoms with Crippen LogP contribution in [0.4, 0.5) is 5.69 Å². The number of nitrogens with one attached hydrogen (secondary N) is 1. The average Bonchev–Trinajstić information content (AvgIpc) is 2.97. The van der Waals surface area contributed by atoms with E-state index in [9.17, 15) is 4.79 Å². The predicted molar refractivity (Wildman–Crippen MR) is 76.4 cm³/mol. The summed E-state index contributed by atoms with van der Waals surface area (Å²) in [6.07, 6.45) is 3.18. The molecule has 0 aliphatic heterocycles. The van der Waals surface area contributed by atoms with E-state index in [1.54, 1.807) is 42.7 Å². The number of anilines is 1. The van der Waals surface area contributed by atoms with Crippen LogP contribution in [0, 0.1) is 0 Å². The molecule has 2 aromatic rings. The minimum Gasteiger partial charge on any atom is -0.487 e. The van der Waals surface area contributed by atoms with Gasteiger partial charge in [0.25, 0.3) is 5.91 Å². The Labute approximate surface area is 117 Å². The second-order valence-corrected chi connectivity index (χ2v) is 4.11. The van der Waals surface area contributed by atoms with Gasteiger partial charge in [-0.25, -0.2) is 0 Å². The number of amides is 1. The zero-order valence-electron chi connectivity index (χ0n) is 11.0. The van der Waals surface area contributed by atoms with Crippen LogP contribution < -0.4 is 15.8 Å². The van der Waals surface area contributed by atoms with Crippen molar-refractivity contribution in [1.29, 1.82) is 0 Å². The summed E-state index contributed by atoms with van der Waals surface area (Å²) in [5.74, 6) is 0.942. The van der Waals surface area contributed by atoms with Crippen molar-refractivity contribution in [1.82, 2.24) is 5.32 Å². The number of benzene rings is 1. The van der Waals surface area contributed by atoms with E-state index < -0.39 is 0 Å².